The first-order valence-electron chi connectivity index (χ1n) is 5.23. The molecule has 0 aliphatic carbocycles. The zero-order chi connectivity index (χ0) is 12.1. The van der Waals surface area contributed by atoms with Gasteiger partial charge in [-0.3, -0.25) is 4.79 Å². The van der Waals surface area contributed by atoms with Crippen molar-refractivity contribution in [2.45, 2.75) is 38.0 Å². The molecule has 1 heterocycles. The number of hydrogen-bond acceptors (Lipinski definition) is 5. The fourth-order valence-electron chi connectivity index (χ4n) is 1.58. The van der Waals surface area contributed by atoms with E-state index in [1.54, 1.807) is 0 Å². The molecule has 0 aromatic carbocycles. The Kier molecular flexibility index (Phi) is 4.70. The molecule has 6 nitrogen and oxygen atoms in total. The lowest BCUT2D eigenvalue weighted by molar-refractivity contribution is -0.147. The number of ether oxygens (including phenoxy) is 2. The summed E-state index contributed by atoms with van der Waals surface area (Å²) in [6.07, 6.45) is 0.974. The van der Waals surface area contributed by atoms with Gasteiger partial charge in [0, 0.05) is 0 Å². The van der Waals surface area contributed by atoms with Crippen LogP contribution in [0.4, 0.5) is 0 Å². The van der Waals surface area contributed by atoms with Gasteiger partial charge in [0.15, 0.2) is 6.04 Å². The number of methoxy groups -OCH3 is 1. The largest absolute Gasteiger partial charge is 0.467 e. The minimum Gasteiger partial charge on any atom is -0.467 e. The normalized spacial score (nSPS) is 26.2. The van der Waals surface area contributed by atoms with Crippen LogP contribution >= 0.6 is 0 Å². The van der Waals surface area contributed by atoms with Gasteiger partial charge in [0.2, 0.25) is 5.91 Å². The van der Waals surface area contributed by atoms with Crippen LogP contribution in [-0.4, -0.2) is 48.9 Å². The number of amides is 1. The Hall–Kier alpha value is -1.14. The summed E-state index contributed by atoms with van der Waals surface area (Å²) in [6.45, 7) is 1.40. The third kappa shape index (κ3) is 3.18. The van der Waals surface area contributed by atoms with Crippen molar-refractivity contribution in [2.75, 3.05) is 13.7 Å². The summed E-state index contributed by atoms with van der Waals surface area (Å²) in [6, 6.07) is -1.02. The summed E-state index contributed by atoms with van der Waals surface area (Å²) in [4.78, 5) is 22.7. The van der Waals surface area contributed by atoms with Crippen molar-refractivity contribution in [2.24, 2.45) is 0 Å². The first kappa shape index (κ1) is 12.9. The predicted molar refractivity (Wildman–Crippen MR) is 54.6 cm³/mol. The molecule has 0 aromatic rings. The average Bonchev–Trinajstić information content (AvgIpc) is 2.71. The summed E-state index contributed by atoms with van der Waals surface area (Å²) >= 11 is 0. The third-order valence-electron chi connectivity index (χ3n) is 2.51. The summed E-state index contributed by atoms with van der Waals surface area (Å²) < 4.78 is 9.77. The molecule has 1 rings (SSSR count). The van der Waals surface area contributed by atoms with Gasteiger partial charge in [-0.25, -0.2) is 4.79 Å². The summed E-state index contributed by atoms with van der Waals surface area (Å²) in [7, 11) is 1.20. The summed E-state index contributed by atoms with van der Waals surface area (Å²) in [5.41, 5.74) is 0. The fraction of sp³-hybridized carbons (Fsp3) is 0.800. The third-order valence-corrected chi connectivity index (χ3v) is 2.51. The number of aliphatic hydroxyl groups excluding tert-OH is 1. The van der Waals surface area contributed by atoms with Crippen molar-refractivity contribution in [3.63, 3.8) is 0 Å². The lowest BCUT2D eigenvalue weighted by Crippen LogP contribution is -2.47. The highest BCUT2D eigenvalue weighted by atomic mass is 16.5. The van der Waals surface area contributed by atoms with E-state index < -0.39 is 24.7 Å². The molecule has 0 spiro atoms. The Morgan fingerprint density at radius 1 is 1.56 bits per heavy atom. The molecule has 2 N–H and O–H groups in total. The molecule has 3 unspecified atom stereocenters. The van der Waals surface area contributed by atoms with Crippen LogP contribution in [0.1, 0.15) is 19.8 Å². The van der Waals surface area contributed by atoms with Crippen LogP contribution in [0.3, 0.4) is 0 Å². The van der Waals surface area contributed by atoms with Gasteiger partial charge < -0.3 is 19.9 Å². The molecule has 92 valence electrons. The van der Waals surface area contributed by atoms with Crippen molar-refractivity contribution in [3.05, 3.63) is 0 Å². The van der Waals surface area contributed by atoms with E-state index in [4.69, 9.17) is 9.84 Å². The number of carbonyl (C=O) groups excluding carboxylic acids is 2. The zero-order valence-electron chi connectivity index (χ0n) is 9.43. The maximum absolute atomic E-state index is 11.6. The highest BCUT2D eigenvalue weighted by Crippen LogP contribution is 2.19. The van der Waals surface area contributed by atoms with E-state index in [0.29, 0.717) is 6.42 Å². The number of esters is 1. The van der Waals surface area contributed by atoms with Gasteiger partial charge in [0.25, 0.3) is 0 Å². The zero-order valence-corrected chi connectivity index (χ0v) is 9.43. The van der Waals surface area contributed by atoms with Gasteiger partial charge in [-0.05, 0) is 19.8 Å². The van der Waals surface area contributed by atoms with Crippen molar-refractivity contribution in [1.82, 2.24) is 5.32 Å². The standard InChI is InChI=1S/C10H17NO5/c1-6-3-4-8(16-6)9(13)11-7(5-12)10(14)15-2/h6-8,12H,3-5H2,1-2H3,(H,11,13). The second kappa shape index (κ2) is 5.81. The van der Waals surface area contributed by atoms with Gasteiger partial charge in [-0.15, -0.1) is 0 Å². The Bertz CT molecular complexity index is 268. The summed E-state index contributed by atoms with van der Waals surface area (Å²) in [5, 5.41) is 11.3. The lowest BCUT2D eigenvalue weighted by Gasteiger charge is -2.16. The maximum Gasteiger partial charge on any atom is 0.330 e. The van der Waals surface area contributed by atoms with Crippen LogP contribution in [0, 0.1) is 0 Å². The van der Waals surface area contributed by atoms with Crippen molar-refractivity contribution in [3.8, 4) is 0 Å². The molecule has 1 saturated heterocycles. The van der Waals surface area contributed by atoms with Gasteiger partial charge in [-0.2, -0.15) is 0 Å². The molecule has 16 heavy (non-hydrogen) atoms. The van der Waals surface area contributed by atoms with Crippen LogP contribution in [0.2, 0.25) is 0 Å². The molecular formula is C10H17NO5. The molecule has 1 aliphatic rings. The molecule has 0 aromatic heterocycles. The van der Waals surface area contributed by atoms with Gasteiger partial charge >= 0.3 is 5.97 Å². The van der Waals surface area contributed by atoms with Crippen LogP contribution in [-0.2, 0) is 19.1 Å². The minimum absolute atomic E-state index is 0.0569. The van der Waals surface area contributed by atoms with Gasteiger partial charge in [0.05, 0.1) is 19.8 Å². The molecule has 1 fully saturated rings. The number of carbonyl (C=O) groups is 2. The van der Waals surface area contributed by atoms with Crippen molar-refractivity contribution in [1.29, 1.82) is 0 Å². The second-order valence-corrected chi connectivity index (χ2v) is 3.78. The minimum atomic E-state index is -1.02. The SMILES string of the molecule is COC(=O)C(CO)NC(=O)C1CCC(C)O1. The van der Waals surface area contributed by atoms with Crippen molar-refractivity contribution < 1.29 is 24.2 Å². The molecule has 1 amide bonds. The summed E-state index contributed by atoms with van der Waals surface area (Å²) in [5.74, 6) is -1.05. The van der Waals surface area contributed by atoms with E-state index in [1.165, 1.54) is 7.11 Å². The molecule has 3 atom stereocenters. The molecular weight excluding hydrogens is 214 g/mol. The van der Waals surface area contributed by atoms with Gasteiger partial charge in [-0.1, -0.05) is 0 Å². The fourth-order valence-corrected chi connectivity index (χ4v) is 1.58. The molecule has 1 aliphatic heterocycles. The Morgan fingerprint density at radius 3 is 2.69 bits per heavy atom. The number of aliphatic hydroxyl groups is 1. The van der Waals surface area contributed by atoms with Crippen LogP contribution in [0.15, 0.2) is 0 Å². The Balaban J connectivity index is 2.46. The number of rotatable bonds is 4. The molecule has 6 heteroatoms. The second-order valence-electron chi connectivity index (χ2n) is 3.78. The van der Waals surface area contributed by atoms with Crippen LogP contribution < -0.4 is 5.32 Å². The molecule has 0 radical (unpaired) electrons. The first-order chi connectivity index (χ1) is 7.58. The molecule has 0 bridgehead atoms. The Morgan fingerprint density at radius 2 is 2.25 bits per heavy atom. The first-order valence-corrected chi connectivity index (χ1v) is 5.23. The number of hydrogen-bond donors (Lipinski definition) is 2. The quantitative estimate of drug-likeness (QED) is 0.619. The smallest absolute Gasteiger partial charge is 0.330 e. The van der Waals surface area contributed by atoms with E-state index in [9.17, 15) is 9.59 Å². The lowest BCUT2D eigenvalue weighted by atomic mass is 10.2. The number of nitrogens with one attached hydrogen (secondary N) is 1. The van der Waals surface area contributed by atoms with Crippen molar-refractivity contribution >= 4 is 11.9 Å². The Labute approximate surface area is 93.9 Å². The van der Waals surface area contributed by atoms with E-state index in [-0.39, 0.29) is 12.0 Å². The van der Waals surface area contributed by atoms with E-state index in [0.717, 1.165) is 6.42 Å². The topological polar surface area (TPSA) is 84.9 Å². The van der Waals surface area contributed by atoms with E-state index in [2.05, 4.69) is 10.1 Å². The van der Waals surface area contributed by atoms with Crippen LogP contribution in [0.25, 0.3) is 0 Å². The predicted octanol–water partition coefficient (Wildman–Crippen LogP) is -0.796. The highest BCUT2D eigenvalue weighted by Gasteiger charge is 2.31. The maximum atomic E-state index is 11.6. The van der Waals surface area contributed by atoms with E-state index in [1.807, 2.05) is 6.92 Å². The molecule has 0 saturated carbocycles. The van der Waals surface area contributed by atoms with Crippen LogP contribution in [0.5, 0.6) is 0 Å². The highest BCUT2D eigenvalue weighted by molar-refractivity contribution is 5.87. The van der Waals surface area contributed by atoms with E-state index >= 15 is 0 Å². The van der Waals surface area contributed by atoms with Gasteiger partial charge in [0.1, 0.15) is 6.10 Å². The monoisotopic (exact) mass is 231 g/mol. The average molecular weight is 231 g/mol.